The third kappa shape index (κ3) is 3.31. The van der Waals surface area contributed by atoms with Gasteiger partial charge < -0.3 is 4.74 Å². The molecule has 1 aliphatic rings. The van der Waals surface area contributed by atoms with Crippen molar-refractivity contribution < 1.29 is 9.66 Å². The highest BCUT2D eigenvalue weighted by atomic mass is 32.2. The van der Waals surface area contributed by atoms with Crippen LogP contribution in [0, 0.1) is 17.0 Å². The Labute approximate surface area is 114 Å². The lowest BCUT2D eigenvalue weighted by Gasteiger charge is -2.21. The Morgan fingerprint density at radius 3 is 2.74 bits per heavy atom. The number of hydrogen-bond donors (Lipinski definition) is 2. The van der Waals surface area contributed by atoms with Gasteiger partial charge in [-0.3, -0.25) is 15.5 Å². The molecule has 0 saturated carbocycles. The Hall–Kier alpha value is -1.45. The van der Waals surface area contributed by atoms with Crippen LogP contribution in [0.25, 0.3) is 0 Å². The third-order valence-corrected chi connectivity index (χ3v) is 4.10. The second kappa shape index (κ2) is 6.13. The maximum atomic E-state index is 11.1. The maximum Gasteiger partial charge on any atom is 0.322 e. The molecular weight excluding hydrogens is 270 g/mol. The molecule has 0 radical (unpaired) electrons. The lowest BCUT2D eigenvalue weighted by molar-refractivity contribution is -0.389. The van der Waals surface area contributed by atoms with Crippen LogP contribution in [0.4, 0.5) is 11.6 Å². The number of nitrogens with two attached hydrogens (primary N) is 1. The number of aryl methyl sites for hydroxylation is 1. The van der Waals surface area contributed by atoms with Crippen molar-refractivity contribution in [3.05, 3.63) is 15.8 Å². The van der Waals surface area contributed by atoms with E-state index < -0.39 is 4.92 Å². The molecular formula is C10H15N5O3S. The fourth-order valence-corrected chi connectivity index (χ4v) is 3.07. The van der Waals surface area contributed by atoms with Gasteiger partial charge in [-0.1, -0.05) is 11.8 Å². The van der Waals surface area contributed by atoms with E-state index in [1.54, 1.807) is 6.92 Å². The molecule has 8 nitrogen and oxygen atoms in total. The van der Waals surface area contributed by atoms with E-state index in [-0.39, 0.29) is 16.9 Å². The van der Waals surface area contributed by atoms with E-state index in [4.69, 9.17) is 10.6 Å². The molecule has 19 heavy (non-hydrogen) atoms. The van der Waals surface area contributed by atoms with Gasteiger partial charge in [0.25, 0.3) is 0 Å². The smallest absolute Gasteiger partial charge is 0.322 e. The van der Waals surface area contributed by atoms with Gasteiger partial charge in [0.1, 0.15) is 5.69 Å². The standard InChI is InChI=1S/C10H15N5O3S/c1-6-8(15(16)17)9(13-10(12-6)14-11)19-7-2-4-18-5-3-7/h7H,2-5,11H2,1H3,(H,12,13,14). The molecule has 0 unspecified atom stereocenters. The van der Waals surface area contributed by atoms with Crippen molar-refractivity contribution in [3.8, 4) is 0 Å². The summed E-state index contributed by atoms with van der Waals surface area (Å²) >= 11 is 1.39. The zero-order valence-electron chi connectivity index (χ0n) is 10.5. The molecule has 0 aliphatic carbocycles. The first-order chi connectivity index (χ1) is 9.11. The van der Waals surface area contributed by atoms with E-state index in [1.807, 2.05) is 0 Å². The van der Waals surface area contributed by atoms with E-state index >= 15 is 0 Å². The molecule has 3 N–H and O–H groups in total. The largest absolute Gasteiger partial charge is 0.381 e. The predicted octanol–water partition coefficient (Wildman–Crippen LogP) is 1.25. The van der Waals surface area contributed by atoms with Crippen LogP contribution in [0.3, 0.4) is 0 Å². The number of nitrogen functional groups attached to an aromatic ring is 1. The highest BCUT2D eigenvalue weighted by molar-refractivity contribution is 8.00. The Balaban J connectivity index is 2.29. The first-order valence-electron chi connectivity index (χ1n) is 5.86. The van der Waals surface area contributed by atoms with Crippen molar-refractivity contribution in [3.63, 3.8) is 0 Å². The molecule has 0 bridgehead atoms. The van der Waals surface area contributed by atoms with E-state index in [2.05, 4.69) is 15.4 Å². The minimum atomic E-state index is -0.447. The van der Waals surface area contributed by atoms with Crippen LogP contribution in [0.15, 0.2) is 5.03 Å². The number of aromatic nitrogens is 2. The monoisotopic (exact) mass is 285 g/mol. The summed E-state index contributed by atoms with van der Waals surface area (Å²) in [6, 6.07) is 0. The van der Waals surface area contributed by atoms with Crippen LogP contribution in [-0.2, 0) is 4.74 Å². The van der Waals surface area contributed by atoms with Gasteiger partial charge >= 0.3 is 5.69 Å². The van der Waals surface area contributed by atoms with E-state index in [1.165, 1.54) is 11.8 Å². The second-order valence-corrected chi connectivity index (χ2v) is 5.41. The summed E-state index contributed by atoms with van der Waals surface area (Å²) in [6.45, 7) is 2.93. The number of hydrazine groups is 1. The summed E-state index contributed by atoms with van der Waals surface area (Å²) in [5.41, 5.74) is 2.59. The van der Waals surface area contributed by atoms with Gasteiger partial charge in [-0.2, -0.15) is 4.98 Å². The summed E-state index contributed by atoms with van der Waals surface area (Å²) in [5.74, 6) is 5.47. The highest BCUT2D eigenvalue weighted by Gasteiger charge is 2.26. The normalized spacial score (nSPS) is 16.3. The Kier molecular flexibility index (Phi) is 4.51. The zero-order chi connectivity index (χ0) is 13.8. The lowest BCUT2D eigenvalue weighted by atomic mass is 10.2. The molecule has 2 rings (SSSR count). The van der Waals surface area contributed by atoms with Gasteiger partial charge in [-0.25, -0.2) is 10.8 Å². The summed E-state index contributed by atoms with van der Waals surface area (Å²) in [4.78, 5) is 18.7. The van der Waals surface area contributed by atoms with Crippen LogP contribution in [-0.4, -0.2) is 33.4 Å². The summed E-state index contributed by atoms with van der Waals surface area (Å²) in [5, 5.41) is 11.7. The van der Waals surface area contributed by atoms with Gasteiger partial charge in [0, 0.05) is 18.5 Å². The average Bonchev–Trinajstić information content (AvgIpc) is 2.38. The maximum absolute atomic E-state index is 11.1. The fourth-order valence-electron chi connectivity index (χ4n) is 1.85. The minimum absolute atomic E-state index is 0.0458. The van der Waals surface area contributed by atoms with Crippen molar-refractivity contribution in [2.24, 2.45) is 5.84 Å². The Morgan fingerprint density at radius 1 is 1.47 bits per heavy atom. The SMILES string of the molecule is Cc1nc(NN)nc(SC2CCOCC2)c1[N+](=O)[O-]. The molecule has 9 heteroatoms. The molecule has 0 spiro atoms. The van der Waals surface area contributed by atoms with Gasteiger partial charge in [0.05, 0.1) is 4.92 Å². The number of ether oxygens (including phenoxy) is 1. The molecule has 0 atom stereocenters. The molecule has 0 aromatic carbocycles. The molecule has 1 aromatic rings. The Bertz CT molecular complexity index is 478. The summed E-state index contributed by atoms with van der Waals surface area (Å²) < 4.78 is 5.27. The number of thioether (sulfide) groups is 1. The van der Waals surface area contributed by atoms with Gasteiger partial charge in [0.15, 0.2) is 5.03 Å². The van der Waals surface area contributed by atoms with Crippen molar-refractivity contribution in [2.75, 3.05) is 18.6 Å². The van der Waals surface area contributed by atoms with Crippen LogP contribution >= 0.6 is 11.8 Å². The summed E-state index contributed by atoms with van der Waals surface area (Å²) in [7, 11) is 0. The van der Waals surface area contributed by atoms with E-state index in [9.17, 15) is 10.1 Å². The number of anilines is 1. The number of rotatable bonds is 4. The van der Waals surface area contributed by atoms with E-state index in [0.717, 1.165) is 12.8 Å². The minimum Gasteiger partial charge on any atom is -0.381 e. The first-order valence-corrected chi connectivity index (χ1v) is 6.74. The lowest BCUT2D eigenvalue weighted by Crippen LogP contribution is -2.18. The van der Waals surface area contributed by atoms with Crippen molar-refractivity contribution in [1.29, 1.82) is 0 Å². The summed E-state index contributed by atoms with van der Waals surface area (Å²) in [6.07, 6.45) is 1.71. The van der Waals surface area contributed by atoms with Crippen molar-refractivity contribution >= 4 is 23.4 Å². The molecule has 2 heterocycles. The third-order valence-electron chi connectivity index (χ3n) is 2.78. The van der Waals surface area contributed by atoms with Crippen LogP contribution in [0.2, 0.25) is 0 Å². The van der Waals surface area contributed by atoms with Gasteiger partial charge in [-0.15, -0.1) is 0 Å². The van der Waals surface area contributed by atoms with Gasteiger partial charge in [0.2, 0.25) is 5.95 Å². The van der Waals surface area contributed by atoms with Crippen molar-refractivity contribution in [1.82, 2.24) is 9.97 Å². The second-order valence-electron chi connectivity index (χ2n) is 4.12. The van der Waals surface area contributed by atoms with Crippen LogP contribution in [0.1, 0.15) is 18.5 Å². The molecule has 1 aliphatic heterocycles. The Morgan fingerprint density at radius 2 is 2.16 bits per heavy atom. The molecule has 104 valence electrons. The average molecular weight is 285 g/mol. The van der Waals surface area contributed by atoms with Crippen LogP contribution in [0.5, 0.6) is 0 Å². The zero-order valence-corrected chi connectivity index (χ0v) is 11.3. The topological polar surface area (TPSA) is 116 Å². The van der Waals surface area contributed by atoms with E-state index in [0.29, 0.717) is 23.9 Å². The number of nitrogens with zero attached hydrogens (tertiary/aromatic N) is 3. The number of nitrogens with one attached hydrogen (secondary N) is 1. The van der Waals surface area contributed by atoms with Crippen LogP contribution < -0.4 is 11.3 Å². The molecule has 1 aromatic heterocycles. The fraction of sp³-hybridized carbons (Fsp3) is 0.600. The number of hydrogen-bond acceptors (Lipinski definition) is 8. The number of nitro groups is 1. The molecule has 1 fully saturated rings. The van der Waals surface area contributed by atoms with Gasteiger partial charge in [-0.05, 0) is 19.8 Å². The molecule has 0 amide bonds. The van der Waals surface area contributed by atoms with Crippen molar-refractivity contribution in [2.45, 2.75) is 30.0 Å². The quantitative estimate of drug-likeness (QED) is 0.367. The predicted molar refractivity (Wildman–Crippen MR) is 70.9 cm³/mol. The highest BCUT2D eigenvalue weighted by Crippen LogP contribution is 2.36. The molecule has 1 saturated heterocycles. The first kappa shape index (κ1) is 14.0.